The van der Waals surface area contributed by atoms with Crippen LogP contribution in [0.4, 0.5) is 10.2 Å². The molecule has 2 aromatic heterocycles. The topological polar surface area (TPSA) is 65.4 Å². The molecule has 0 fully saturated rings. The number of halogens is 1. The summed E-state index contributed by atoms with van der Waals surface area (Å²) in [5.74, 6) is 0.506. The first-order valence-electron chi connectivity index (χ1n) is 5.25. The summed E-state index contributed by atoms with van der Waals surface area (Å²) in [7, 11) is 0. The number of nitrogens with two attached hydrogens (primary N) is 1. The lowest BCUT2D eigenvalue weighted by Gasteiger charge is -2.06. The minimum Gasteiger partial charge on any atom is -0.436 e. The van der Waals surface area contributed by atoms with E-state index >= 15 is 0 Å². The average molecular weight is 244 g/mol. The van der Waals surface area contributed by atoms with E-state index in [2.05, 4.69) is 9.97 Å². The predicted octanol–water partition coefficient (Wildman–Crippen LogP) is 2.24. The smallest absolute Gasteiger partial charge is 0.265 e. The van der Waals surface area contributed by atoms with E-state index in [1.807, 2.05) is 0 Å². The molecular weight excluding hydrogens is 235 g/mol. The van der Waals surface area contributed by atoms with Gasteiger partial charge in [-0.15, -0.1) is 0 Å². The average Bonchev–Trinajstić information content (AvgIpc) is 2.77. The van der Waals surface area contributed by atoms with E-state index < -0.39 is 0 Å². The maximum atomic E-state index is 13.1. The highest BCUT2D eigenvalue weighted by molar-refractivity contribution is 5.53. The van der Waals surface area contributed by atoms with Gasteiger partial charge in [0.1, 0.15) is 17.4 Å². The van der Waals surface area contributed by atoms with Crippen molar-refractivity contribution < 1.29 is 9.13 Å². The standard InChI is InChI=1S/C12H9FN4O/c13-8-2-1-3-9(6-8)18-12-11-15-4-5-17(11)7-10(14)16-12/h1-7H,14H2. The maximum absolute atomic E-state index is 13.1. The van der Waals surface area contributed by atoms with E-state index in [1.54, 1.807) is 35.1 Å². The summed E-state index contributed by atoms with van der Waals surface area (Å²) in [5, 5.41) is 0. The fourth-order valence-corrected chi connectivity index (χ4v) is 1.63. The van der Waals surface area contributed by atoms with E-state index in [0.29, 0.717) is 17.2 Å². The number of rotatable bonds is 2. The molecule has 2 N–H and O–H groups in total. The van der Waals surface area contributed by atoms with Crippen LogP contribution in [0.3, 0.4) is 0 Å². The molecule has 1 aromatic carbocycles. The van der Waals surface area contributed by atoms with Crippen LogP contribution in [0, 0.1) is 5.82 Å². The summed E-state index contributed by atoms with van der Waals surface area (Å²) in [5.41, 5.74) is 6.18. The molecule has 2 heterocycles. The zero-order valence-electron chi connectivity index (χ0n) is 9.25. The van der Waals surface area contributed by atoms with Gasteiger partial charge in [0.2, 0.25) is 5.65 Å². The number of fused-ring (bicyclic) bond motifs is 1. The van der Waals surface area contributed by atoms with Gasteiger partial charge in [-0.25, -0.2) is 9.37 Å². The number of nitrogens with zero attached hydrogens (tertiary/aromatic N) is 3. The van der Waals surface area contributed by atoms with Gasteiger partial charge in [0, 0.05) is 18.5 Å². The van der Waals surface area contributed by atoms with Crippen LogP contribution in [0.2, 0.25) is 0 Å². The molecule has 0 bridgehead atoms. The van der Waals surface area contributed by atoms with Crippen molar-refractivity contribution in [3.8, 4) is 11.6 Å². The van der Waals surface area contributed by atoms with Crippen LogP contribution in [0.1, 0.15) is 0 Å². The van der Waals surface area contributed by atoms with Gasteiger partial charge in [-0.3, -0.25) is 4.40 Å². The molecule has 90 valence electrons. The monoisotopic (exact) mass is 244 g/mol. The van der Waals surface area contributed by atoms with Crippen molar-refractivity contribution in [3.63, 3.8) is 0 Å². The Bertz CT molecular complexity index is 710. The lowest BCUT2D eigenvalue weighted by atomic mass is 10.3. The molecule has 0 aliphatic carbocycles. The Hall–Kier alpha value is -2.63. The summed E-state index contributed by atoms with van der Waals surface area (Å²) < 4.78 is 20.2. The molecule has 0 unspecified atom stereocenters. The number of benzene rings is 1. The zero-order chi connectivity index (χ0) is 12.5. The lowest BCUT2D eigenvalue weighted by Crippen LogP contribution is -1.99. The quantitative estimate of drug-likeness (QED) is 0.750. The largest absolute Gasteiger partial charge is 0.436 e. The van der Waals surface area contributed by atoms with Gasteiger partial charge in [-0.05, 0) is 12.1 Å². The molecule has 0 aliphatic rings. The van der Waals surface area contributed by atoms with Gasteiger partial charge >= 0.3 is 0 Å². The molecule has 0 radical (unpaired) electrons. The van der Waals surface area contributed by atoms with Gasteiger partial charge in [0.05, 0.1) is 6.20 Å². The normalized spacial score (nSPS) is 10.7. The zero-order valence-corrected chi connectivity index (χ0v) is 9.25. The molecule has 0 atom stereocenters. The molecule has 3 rings (SSSR count). The van der Waals surface area contributed by atoms with E-state index in [4.69, 9.17) is 10.5 Å². The second-order valence-corrected chi connectivity index (χ2v) is 3.69. The van der Waals surface area contributed by atoms with E-state index in [0.717, 1.165) is 0 Å². The van der Waals surface area contributed by atoms with Crippen LogP contribution >= 0.6 is 0 Å². The van der Waals surface area contributed by atoms with Crippen LogP contribution in [0.15, 0.2) is 42.9 Å². The lowest BCUT2D eigenvalue weighted by molar-refractivity contribution is 0.461. The van der Waals surface area contributed by atoms with Crippen molar-refractivity contribution in [3.05, 3.63) is 48.7 Å². The second kappa shape index (κ2) is 3.99. The predicted molar refractivity (Wildman–Crippen MR) is 63.9 cm³/mol. The Kier molecular flexibility index (Phi) is 2.33. The Morgan fingerprint density at radius 3 is 3.06 bits per heavy atom. The molecule has 18 heavy (non-hydrogen) atoms. The Morgan fingerprint density at radius 1 is 1.33 bits per heavy atom. The first kappa shape index (κ1) is 10.5. The number of anilines is 1. The molecule has 0 amide bonds. The third-order valence-corrected chi connectivity index (χ3v) is 2.37. The van der Waals surface area contributed by atoms with Crippen molar-refractivity contribution in [2.45, 2.75) is 0 Å². The number of nitrogen functional groups attached to an aromatic ring is 1. The van der Waals surface area contributed by atoms with Crippen molar-refractivity contribution in [2.75, 3.05) is 5.73 Å². The Morgan fingerprint density at radius 2 is 2.22 bits per heavy atom. The Labute approximate surface area is 102 Å². The summed E-state index contributed by atoms with van der Waals surface area (Å²) in [4.78, 5) is 8.15. The SMILES string of the molecule is Nc1cn2ccnc2c(Oc2cccc(F)c2)n1. The minimum absolute atomic E-state index is 0.241. The van der Waals surface area contributed by atoms with Gasteiger partial charge in [-0.1, -0.05) is 6.07 Å². The molecule has 6 heteroatoms. The van der Waals surface area contributed by atoms with Crippen molar-refractivity contribution in [1.29, 1.82) is 0 Å². The van der Waals surface area contributed by atoms with Crippen molar-refractivity contribution in [1.82, 2.24) is 14.4 Å². The molecule has 0 saturated heterocycles. The molecule has 0 spiro atoms. The van der Waals surface area contributed by atoms with Gasteiger partial charge in [0.25, 0.3) is 5.88 Å². The highest BCUT2D eigenvalue weighted by atomic mass is 19.1. The summed E-state index contributed by atoms with van der Waals surface area (Å²) in [6.07, 6.45) is 4.96. The summed E-state index contributed by atoms with van der Waals surface area (Å²) >= 11 is 0. The van der Waals surface area contributed by atoms with E-state index in [-0.39, 0.29) is 11.7 Å². The fourth-order valence-electron chi connectivity index (χ4n) is 1.63. The van der Waals surface area contributed by atoms with Gasteiger partial charge in [-0.2, -0.15) is 4.98 Å². The Balaban J connectivity index is 2.06. The van der Waals surface area contributed by atoms with Gasteiger partial charge < -0.3 is 10.5 Å². The maximum Gasteiger partial charge on any atom is 0.265 e. The number of ether oxygens (including phenoxy) is 1. The van der Waals surface area contributed by atoms with Crippen LogP contribution in [0.5, 0.6) is 11.6 Å². The van der Waals surface area contributed by atoms with Gasteiger partial charge in [0.15, 0.2) is 0 Å². The van der Waals surface area contributed by atoms with Crippen molar-refractivity contribution in [2.24, 2.45) is 0 Å². The second-order valence-electron chi connectivity index (χ2n) is 3.69. The number of hydrogen-bond acceptors (Lipinski definition) is 4. The minimum atomic E-state index is -0.379. The molecule has 3 aromatic rings. The van der Waals surface area contributed by atoms with Crippen molar-refractivity contribution >= 4 is 11.5 Å². The number of aromatic nitrogens is 3. The van der Waals surface area contributed by atoms with Crippen LogP contribution in [-0.4, -0.2) is 14.4 Å². The van der Waals surface area contributed by atoms with Crippen LogP contribution in [-0.2, 0) is 0 Å². The molecule has 5 nitrogen and oxygen atoms in total. The molecule has 0 aliphatic heterocycles. The highest BCUT2D eigenvalue weighted by Crippen LogP contribution is 2.24. The summed E-state index contributed by atoms with van der Waals surface area (Å²) in [6, 6.07) is 5.79. The fraction of sp³-hybridized carbons (Fsp3) is 0. The number of imidazole rings is 1. The van der Waals surface area contributed by atoms with Crippen LogP contribution < -0.4 is 10.5 Å². The first-order valence-corrected chi connectivity index (χ1v) is 5.25. The summed E-state index contributed by atoms with van der Waals surface area (Å²) in [6.45, 7) is 0. The van der Waals surface area contributed by atoms with E-state index in [1.165, 1.54) is 12.1 Å². The molecule has 0 saturated carbocycles. The van der Waals surface area contributed by atoms with Crippen LogP contribution in [0.25, 0.3) is 5.65 Å². The third kappa shape index (κ3) is 1.84. The molecular formula is C12H9FN4O. The highest BCUT2D eigenvalue weighted by Gasteiger charge is 2.08. The number of hydrogen-bond donors (Lipinski definition) is 1. The van der Waals surface area contributed by atoms with E-state index in [9.17, 15) is 4.39 Å². The first-order chi connectivity index (χ1) is 8.72. The third-order valence-electron chi connectivity index (χ3n) is 2.37.